The number of methoxy groups -OCH3 is 2. The van der Waals surface area contributed by atoms with Crippen LogP contribution in [0.1, 0.15) is 51.0 Å². The summed E-state index contributed by atoms with van der Waals surface area (Å²) in [6.07, 6.45) is 8.31. The van der Waals surface area contributed by atoms with Gasteiger partial charge in [-0.25, -0.2) is 0 Å². The summed E-state index contributed by atoms with van der Waals surface area (Å²) in [6.45, 7) is 2.23. The van der Waals surface area contributed by atoms with Gasteiger partial charge in [0.2, 0.25) is 0 Å². The van der Waals surface area contributed by atoms with E-state index in [2.05, 4.69) is 13.0 Å². The minimum Gasteiger partial charge on any atom is -0.493 e. The number of hydrogen-bond acceptors (Lipinski definition) is 3. The molecule has 0 aromatic heterocycles. The zero-order chi connectivity index (χ0) is 14.8. The van der Waals surface area contributed by atoms with Crippen LogP contribution in [0.2, 0.25) is 0 Å². The van der Waals surface area contributed by atoms with Crippen molar-refractivity contribution in [2.75, 3.05) is 14.2 Å². The Bertz CT molecular complexity index is 379. The molecule has 0 fully saturated rings. The lowest BCUT2D eigenvalue weighted by atomic mass is 10.0. The number of aryl methyl sites for hydroxylation is 1. The first-order valence-corrected chi connectivity index (χ1v) is 7.67. The van der Waals surface area contributed by atoms with Crippen LogP contribution in [0.3, 0.4) is 0 Å². The monoisotopic (exact) mass is 279 g/mol. The van der Waals surface area contributed by atoms with Gasteiger partial charge >= 0.3 is 0 Å². The first-order chi connectivity index (χ1) is 9.71. The Kier molecular flexibility index (Phi) is 8.12. The minimum atomic E-state index is 0.306. The number of unbranched alkanes of at least 4 members (excludes halogenated alkanes) is 3. The minimum absolute atomic E-state index is 0.306. The standard InChI is InChI=1S/C17H29NO2/c1-4-5-6-7-8-15(18)11-9-14-10-12-16(19-2)17(13-14)20-3/h10,12-13,15H,4-9,11,18H2,1-3H3. The van der Waals surface area contributed by atoms with Crippen molar-refractivity contribution >= 4 is 0 Å². The number of benzene rings is 1. The number of rotatable bonds is 10. The number of nitrogens with two attached hydrogens (primary N) is 1. The summed E-state index contributed by atoms with van der Waals surface area (Å²) in [5.74, 6) is 1.57. The van der Waals surface area contributed by atoms with Gasteiger partial charge < -0.3 is 15.2 Å². The van der Waals surface area contributed by atoms with Gasteiger partial charge in [0.1, 0.15) is 0 Å². The average Bonchev–Trinajstić information content (AvgIpc) is 2.49. The summed E-state index contributed by atoms with van der Waals surface area (Å²) in [5, 5.41) is 0. The van der Waals surface area contributed by atoms with Crippen molar-refractivity contribution in [2.24, 2.45) is 5.73 Å². The van der Waals surface area contributed by atoms with Crippen LogP contribution < -0.4 is 15.2 Å². The van der Waals surface area contributed by atoms with E-state index in [0.29, 0.717) is 6.04 Å². The summed E-state index contributed by atoms with van der Waals surface area (Å²) in [6, 6.07) is 6.40. The third-order valence-electron chi connectivity index (χ3n) is 3.68. The van der Waals surface area contributed by atoms with Gasteiger partial charge in [-0.3, -0.25) is 0 Å². The smallest absolute Gasteiger partial charge is 0.160 e. The predicted molar refractivity (Wildman–Crippen MR) is 84.6 cm³/mol. The third kappa shape index (κ3) is 5.83. The van der Waals surface area contributed by atoms with E-state index in [0.717, 1.165) is 30.8 Å². The van der Waals surface area contributed by atoms with Crippen LogP contribution in [-0.2, 0) is 6.42 Å². The van der Waals surface area contributed by atoms with Gasteiger partial charge in [-0.1, -0.05) is 38.7 Å². The lowest BCUT2D eigenvalue weighted by Crippen LogP contribution is -2.20. The van der Waals surface area contributed by atoms with Gasteiger partial charge in [-0.2, -0.15) is 0 Å². The van der Waals surface area contributed by atoms with Gasteiger partial charge in [0.15, 0.2) is 11.5 Å². The molecule has 3 nitrogen and oxygen atoms in total. The van der Waals surface area contributed by atoms with Crippen molar-refractivity contribution < 1.29 is 9.47 Å². The molecule has 20 heavy (non-hydrogen) atoms. The molecule has 0 aliphatic heterocycles. The zero-order valence-corrected chi connectivity index (χ0v) is 13.2. The maximum atomic E-state index is 6.17. The van der Waals surface area contributed by atoms with E-state index in [-0.39, 0.29) is 0 Å². The average molecular weight is 279 g/mol. The highest BCUT2D eigenvalue weighted by molar-refractivity contribution is 5.42. The first kappa shape index (κ1) is 16.8. The lowest BCUT2D eigenvalue weighted by molar-refractivity contribution is 0.354. The topological polar surface area (TPSA) is 44.5 Å². The quantitative estimate of drug-likeness (QED) is 0.660. The molecule has 0 saturated heterocycles. The Morgan fingerprint density at radius 3 is 2.40 bits per heavy atom. The molecule has 1 atom stereocenters. The Hall–Kier alpha value is -1.22. The maximum absolute atomic E-state index is 6.17. The molecule has 0 spiro atoms. The zero-order valence-electron chi connectivity index (χ0n) is 13.2. The van der Waals surface area contributed by atoms with Gasteiger partial charge in [0, 0.05) is 6.04 Å². The van der Waals surface area contributed by atoms with Crippen LogP contribution in [0, 0.1) is 0 Å². The molecule has 1 aromatic rings. The van der Waals surface area contributed by atoms with Crippen molar-refractivity contribution in [1.29, 1.82) is 0 Å². The largest absolute Gasteiger partial charge is 0.493 e. The van der Waals surface area contributed by atoms with E-state index in [4.69, 9.17) is 15.2 Å². The van der Waals surface area contributed by atoms with Crippen molar-refractivity contribution in [2.45, 2.75) is 57.9 Å². The second-order valence-electron chi connectivity index (χ2n) is 5.34. The van der Waals surface area contributed by atoms with E-state index >= 15 is 0 Å². The second kappa shape index (κ2) is 9.65. The summed E-state index contributed by atoms with van der Waals surface area (Å²) in [7, 11) is 3.32. The summed E-state index contributed by atoms with van der Waals surface area (Å²) in [4.78, 5) is 0. The Labute approximate surface area is 123 Å². The fourth-order valence-electron chi connectivity index (χ4n) is 2.37. The van der Waals surface area contributed by atoms with Crippen molar-refractivity contribution in [3.8, 4) is 11.5 Å². The van der Waals surface area contributed by atoms with Crippen molar-refractivity contribution in [3.63, 3.8) is 0 Å². The normalized spacial score (nSPS) is 12.2. The SMILES string of the molecule is CCCCCCC(N)CCc1ccc(OC)c(OC)c1. The molecule has 3 heteroatoms. The molecule has 0 saturated carbocycles. The molecular formula is C17H29NO2. The fourth-order valence-corrected chi connectivity index (χ4v) is 2.37. The molecule has 0 bridgehead atoms. The van der Waals surface area contributed by atoms with E-state index in [1.165, 1.54) is 31.2 Å². The van der Waals surface area contributed by atoms with Crippen LogP contribution in [0.15, 0.2) is 18.2 Å². The van der Waals surface area contributed by atoms with Crippen LogP contribution in [-0.4, -0.2) is 20.3 Å². The van der Waals surface area contributed by atoms with Gasteiger partial charge in [-0.15, -0.1) is 0 Å². The van der Waals surface area contributed by atoms with E-state index in [1.54, 1.807) is 14.2 Å². The summed E-state index contributed by atoms with van der Waals surface area (Å²) < 4.78 is 10.6. The molecule has 0 aliphatic rings. The number of ether oxygens (including phenoxy) is 2. The molecule has 1 aromatic carbocycles. The van der Waals surface area contributed by atoms with Crippen molar-refractivity contribution in [3.05, 3.63) is 23.8 Å². The van der Waals surface area contributed by atoms with Gasteiger partial charge in [0.25, 0.3) is 0 Å². The molecule has 1 rings (SSSR count). The third-order valence-corrected chi connectivity index (χ3v) is 3.68. The Morgan fingerprint density at radius 2 is 1.75 bits per heavy atom. The van der Waals surface area contributed by atoms with Crippen LogP contribution in [0.5, 0.6) is 11.5 Å². The Morgan fingerprint density at radius 1 is 1.00 bits per heavy atom. The molecule has 0 heterocycles. The van der Waals surface area contributed by atoms with E-state index in [1.807, 2.05) is 12.1 Å². The molecular weight excluding hydrogens is 250 g/mol. The summed E-state index contributed by atoms with van der Waals surface area (Å²) in [5.41, 5.74) is 7.43. The highest BCUT2D eigenvalue weighted by atomic mass is 16.5. The fraction of sp³-hybridized carbons (Fsp3) is 0.647. The van der Waals surface area contributed by atoms with Crippen LogP contribution in [0.25, 0.3) is 0 Å². The highest BCUT2D eigenvalue weighted by Gasteiger charge is 2.07. The van der Waals surface area contributed by atoms with E-state index < -0.39 is 0 Å². The number of hydrogen-bond donors (Lipinski definition) is 1. The van der Waals surface area contributed by atoms with Gasteiger partial charge in [-0.05, 0) is 37.0 Å². The van der Waals surface area contributed by atoms with Crippen molar-refractivity contribution in [1.82, 2.24) is 0 Å². The molecule has 2 N–H and O–H groups in total. The first-order valence-electron chi connectivity index (χ1n) is 7.67. The second-order valence-corrected chi connectivity index (χ2v) is 5.34. The lowest BCUT2D eigenvalue weighted by Gasteiger charge is -2.13. The predicted octanol–water partition coefficient (Wildman–Crippen LogP) is 3.93. The molecule has 1 unspecified atom stereocenters. The summed E-state index contributed by atoms with van der Waals surface area (Å²) >= 11 is 0. The Balaban J connectivity index is 2.37. The van der Waals surface area contributed by atoms with E-state index in [9.17, 15) is 0 Å². The van der Waals surface area contributed by atoms with Crippen LogP contribution >= 0.6 is 0 Å². The molecule has 114 valence electrons. The van der Waals surface area contributed by atoms with Crippen LogP contribution in [0.4, 0.5) is 0 Å². The molecule has 0 aliphatic carbocycles. The highest BCUT2D eigenvalue weighted by Crippen LogP contribution is 2.28. The molecule has 0 radical (unpaired) electrons. The molecule has 0 amide bonds. The maximum Gasteiger partial charge on any atom is 0.160 e. The van der Waals surface area contributed by atoms with Gasteiger partial charge in [0.05, 0.1) is 14.2 Å².